The lowest BCUT2D eigenvalue weighted by atomic mass is 9.95. The van der Waals surface area contributed by atoms with Crippen molar-refractivity contribution in [2.45, 2.75) is 19.8 Å². The fourth-order valence-electron chi connectivity index (χ4n) is 4.74. The van der Waals surface area contributed by atoms with Gasteiger partial charge in [0.1, 0.15) is 5.75 Å². The van der Waals surface area contributed by atoms with Gasteiger partial charge in [0.15, 0.2) is 0 Å². The highest BCUT2D eigenvalue weighted by Gasteiger charge is 2.29. The number of amides is 2. The molecule has 182 valence electrons. The zero-order valence-corrected chi connectivity index (χ0v) is 20.9. The van der Waals surface area contributed by atoms with Gasteiger partial charge in [0.05, 0.1) is 12.7 Å². The van der Waals surface area contributed by atoms with Gasteiger partial charge < -0.3 is 24.8 Å². The lowest BCUT2D eigenvalue weighted by Crippen LogP contribution is -2.44. The number of hydrogen-bond donors (Lipinski definition) is 1. The molecule has 2 aliphatic rings. The first kappa shape index (κ1) is 24.4. The van der Waals surface area contributed by atoms with Crippen LogP contribution < -0.4 is 15.0 Å². The Morgan fingerprint density at radius 3 is 2.35 bits per heavy atom. The molecule has 2 aromatic rings. The molecule has 2 aliphatic heterocycles. The molecule has 0 atom stereocenters. The van der Waals surface area contributed by atoms with Crippen molar-refractivity contribution in [3.05, 3.63) is 52.5 Å². The molecule has 2 aromatic carbocycles. The maximum atomic E-state index is 13.0. The third-order valence-electron chi connectivity index (χ3n) is 6.85. The number of piperazine rings is 1. The molecule has 1 N–H and O–H groups in total. The van der Waals surface area contributed by atoms with Gasteiger partial charge in [-0.3, -0.25) is 9.59 Å². The Kier molecular flexibility index (Phi) is 7.63. The summed E-state index contributed by atoms with van der Waals surface area (Å²) in [6.07, 6.45) is 1.25. The smallest absolute Gasteiger partial charge is 0.257 e. The van der Waals surface area contributed by atoms with Crippen LogP contribution in [0.3, 0.4) is 0 Å². The maximum absolute atomic E-state index is 13.0. The molecule has 0 radical (unpaired) electrons. The van der Waals surface area contributed by atoms with Crippen molar-refractivity contribution in [2.24, 2.45) is 5.92 Å². The minimum absolute atomic E-state index is 0.0131. The lowest BCUT2D eigenvalue weighted by molar-refractivity contribution is -0.121. The van der Waals surface area contributed by atoms with Crippen molar-refractivity contribution in [1.82, 2.24) is 9.80 Å². The Bertz CT molecular complexity index is 1040. The average Bonchev–Trinajstić information content (AvgIpc) is 2.84. The van der Waals surface area contributed by atoms with E-state index in [9.17, 15) is 9.59 Å². The summed E-state index contributed by atoms with van der Waals surface area (Å²) in [4.78, 5) is 32.4. The van der Waals surface area contributed by atoms with E-state index in [2.05, 4.69) is 41.2 Å². The number of ether oxygens (including phenoxy) is 1. The number of likely N-dealkylation sites (tertiary alicyclic amines) is 1. The number of hydrogen-bond acceptors (Lipinski definition) is 5. The summed E-state index contributed by atoms with van der Waals surface area (Å²) >= 11 is 6.09. The molecule has 0 saturated carbocycles. The Labute approximate surface area is 206 Å². The van der Waals surface area contributed by atoms with Gasteiger partial charge in [0.25, 0.3) is 5.91 Å². The van der Waals surface area contributed by atoms with E-state index in [0.717, 1.165) is 31.9 Å². The first-order valence-corrected chi connectivity index (χ1v) is 12.2. The summed E-state index contributed by atoms with van der Waals surface area (Å²) < 4.78 is 5.32. The van der Waals surface area contributed by atoms with E-state index in [1.54, 1.807) is 23.1 Å². The van der Waals surface area contributed by atoms with Gasteiger partial charge in [0, 0.05) is 61.6 Å². The highest BCUT2D eigenvalue weighted by molar-refractivity contribution is 6.31. The van der Waals surface area contributed by atoms with Gasteiger partial charge in [-0.1, -0.05) is 11.6 Å². The largest absolute Gasteiger partial charge is 0.496 e. The molecular formula is C26H33ClN4O3. The number of halogens is 1. The number of aryl methyl sites for hydroxylation is 1. The predicted molar refractivity (Wildman–Crippen MR) is 136 cm³/mol. The molecule has 2 heterocycles. The van der Waals surface area contributed by atoms with Crippen molar-refractivity contribution >= 4 is 34.8 Å². The van der Waals surface area contributed by atoms with Crippen molar-refractivity contribution < 1.29 is 14.3 Å². The number of nitrogens with one attached hydrogen (secondary N) is 1. The molecular weight excluding hydrogens is 452 g/mol. The normalized spacial score (nSPS) is 17.5. The van der Waals surface area contributed by atoms with Gasteiger partial charge in [-0.05, 0) is 68.8 Å². The Morgan fingerprint density at radius 2 is 1.71 bits per heavy atom. The van der Waals surface area contributed by atoms with Gasteiger partial charge in [-0.2, -0.15) is 0 Å². The fourth-order valence-corrected chi connectivity index (χ4v) is 4.91. The SMILES string of the molecule is COc1ccc(Cl)cc1C(=O)N1CCC(C(=O)Nc2ccc(N3CCN(C)CC3)c(C)c2)CC1. The van der Waals surface area contributed by atoms with Crippen molar-refractivity contribution in [2.75, 3.05) is 63.6 Å². The Morgan fingerprint density at radius 1 is 1.00 bits per heavy atom. The van der Waals surface area contributed by atoms with Crippen LogP contribution in [-0.4, -0.2) is 75.0 Å². The van der Waals surface area contributed by atoms with Crippen LogP contribution in [0.5, 0.6) is 5.75 Å². The lowest BCUT2D eigenvalue weighted by Gasteiger charge is -2.35. The van der Waals surface area contributed by atoms with E-state index in [-0.39, 0.29) is 17.7 Å². The second-order valence-electron chi connectivity index (χ2n) is 9.19. The fraction of sp³-hybridized carbons (Fsp3) is 0.462. The molecule has 2 fully saturated rings. The van der Waals surface area contributed by atoms with Crippen LogP contribution in [0.25, 0.3) is 0 Å². The zero-order valence-electron chi connectivity index (χ0n) is 20.1. The summed E-state index contributed by atoms with van der Waals surface area (Å²) in [6.45, 7) is 7.29. The van der Waals surface area contributed by atoms with Gasteiger partial charge in [-0.15, -0.1) is 0 Å². The van der Waals surface area contributed by atoms with Crippen molar-refractivity contribution in [1.29, 1.82) is 0 Å². The number of rotatable bonds is 5. The van der Waals surface area contributed by atoms with E-state index in [1.165, 1.54) is 18.4 Å². The summed E-state index contributed by atoms with van der Waals surface area (Å²) in [7, 11) is 3.69. The van der Waals surface area contributed by atoms with E-state index < -0.39 is 0 Å². The molecule has 0 aliphatic carbocycles. The summed E-state index contributed by atoms with van der Waals surface area (Å²) in [5.74, 6) is 0.278. The number of carbonyl (C=O) groups excluding carboxylic acids is 2. The number of likely N-dealkylation sites (N-methyl/N-ethyl adjacent to an activating group) is 1. The van der Waals surface area contributed by atoms with E-state index in [0.29, 0.717) is 42.3 Å². The summed E-state index contributed by atoms with van der Waals surface area (Å²) in [5.41, 5.74) is 3.67. The second-order valence-corrected chi connectivity index (χ2v) is 9.63. The van der Waals surface area contributed by atoms with Crippen LogP contribution in [-0.2, 0) is 4.79 Å². The number of anilines is 2. The van der Waals surface area contributed by atoms with Crippen LogP contribution in [0.4, 0.5) is 11.4 Å². The number of nitrogens with zero attached hydrogens (tertiary/aromatic N) is 3. The van der Waals surface area contributed by atoms with Crippen LogP contribution in [0.15, 0.2) is 36.4 Å². The number of methoxy groups -OCH3 is 1. The minimum atomic E-state index is -0.122. The van der Waals surface area contributed by atoms with E-state index >= 15 is 0 Å². The molecule has 7 nitrogen and oxygen atoms in total. The first-order valence-electron chi connectivity index (χ1n) is 11.8. The second kappa shape index (κ2) is 10.7. The summed E-state index contributed by atoms with van der Waals surface area (Å²) in [6, 6.07) is 11.2. The molecule has 0 spiro atoms. The van der Waals surface area contributed by atoms with Crippen LogP contribution in [0.2, 0.25) is 5.02 Å². The summed E-state index contributed by atoms with van der Waals surface area (Å²) in [5, 5.41) is 3.58. The first-order chi connectivity index (χ1) is 16.4. The van der Waals surface area contributed by atoms with Crippen LogP contribution in [0.1, 0.15) is 28.8 Å². The minimum Gasteiger partial charge on any atom is -0.496 e. The highest BCUT2D eigenvalue weighted by Crippen LogP contribution is 2.28. The molecule has 2 saturated heterocycles. The van der Waals surface area contributed by atoms with E-state index in [1.807, 2.05) is 6.07 Å². The van der Waals surface area contributed by atoms with Crippen molar-refractivity contribution in [3.63, 3.8) is 0 Å². The molecule has 0 bridgehead atoms. The molecule has 2 amide bonds. The van der Waals surface area contributed by atoms with Gasteiger partial charge in [-0.25, -0.2) is 0 Å². The third kappa shape index (κ3) is 5.47. The third-order valence-corrected chi connectivity index (χ3v) is 7.09. The molecule has 0 aromatic heterocycles. The maximum Gasteiger partial charge on any atom is 0.257 e. The highest BCUT2D eigenvalue weighted by atomic mass is 35.5. The zero-order chi connectivity index (χ0) is 24.2. The van der Waals surface area contributed by atoms with Gasteiger partial charge >= 0.3 is 0 Å². The Balaban J connectivity index is 1.33. The van der Waals surface area contributed by atoms with Crippen molar-refractivity contribution in [3.8, 4) is 5.75 Å². The molecule has 4 rings (SSSR count). The topological polar surface area (TPSA) is 65.1 Å². The molecule has 0 unspecified atom stereocenters. The van der Waals surface area contributed by atoms with Crippen LogP contribution in [0, 0.1) is 12.8 Å². The molecule has 8 heteroatoms. The number of piperidine rings is 1. The molecule has 34 heavy (non-hydrogen) atoms. The van der Waals surface area contributed by atoms with Crippen LogP contribution >= 0.6 is 11.6 Å². The standard InChI is InChI=1S/C26H33ClN4O3/c1-18-16-21(5-6-23(18)30-14-12-29(2)13-15-30)28-25(32)19-8-10-31(11-9-19)26(33)22-17-20(27)4-7-24(22)34-3/h4-7,16-17,19H,8-15H2,1-3H3,(H,28,32). The monoisotopic (exact) mass is 484 g/mol. The van der Waals surface area contributed by atoms with E-state index in [4.69, 9.17) is 16.3 Å². The average molecular weight is 485 g/mol. The Hall–Kier alpha value is -2.77. The quantitative estimate of drug-likeness (QED) is 0.697. The predicted octanol–water partition coefficient (Wildman–Crippen LogP) is 3.90. The number of carbonyl (C=O) groups is 2. The van der Waals surface area contributed by atoms with Gasteiger partial charge in [0.2, 0.25) is 5.91 Å². The number of benzene rings is 2.